The fraction of sp³-hybridized carbons (Fsp3) is 0.368. The maximum absolute atomic E-state index is 12.2. The summed E-state index contributed by atoms with van der Waals surface area (Å²) in [6, 6.07) is 7.19. The van der Waals surface area contributed by atoms with Crippen LogP contribution in [0.4, 0.5) is 10.5 Å². The second-order valence-corrected chi connectivity index (χ2v) is 7.97. The van der Waals surface area contributed by atoms with Crippen molar-refractivity contribution in [2.75, 3.05) is 18.4 Å². The van der Waals surface area contributed by atoms with Crippen molar-refractivity contribution in [1.82, 2.24) is 13.6 Å². The Bertz CT molecular complexity index is 948. The molecular weight excluding hydrogens is 406 g/mol. The van der Waals surface area contributed by atoms with Crippen molar-refractivity contribution in [3.63, 3.8) is 0 Å². The lowest BCUT2D eigenvalue weighted by Gasteiger charge is -2.29. The average Bonchev–Trinajstić information content (AvgIpc) is 3.16. The fourth-order valence-corrected chi connectivity index (χ4v) is 3.20. The van der Waals surface area contributed by atoms with E-state index in [4.69, 9.17) is 15.0 Å². The number of benzene rings is 1. The Balaban J connectivity index is 1.64. The van der Waals surface area contributed by atoms with Crippen LogP contribution in [-0.4, -0.2) is 44.8 Å². The fourth-order valence-electron chi connectivity index (χ4n) is 2.68. The molecule has 0 spiro atoms. The molecular formula is C19H23N7O3S. The van der Waals surface area contributed by atoms with Gasteiger partial charge in [0, 0.05) is 18.8 Å². The molecule has 1 aliphatic rings. The average molecular weight is 430 g/mol. The maximum Gasteiger partial charge on any atom is 0.410 e. The summed E-state index contributed by atoms with van der Waals surface area (Å²) in [4.78, 5) is 13.9. The molecule has 1 aliphatic heterocycles. The summed E-state index contributed by atoms with van der Waals surface area (Å²) in [6.07, 6.45) is 3.60. The first-order valence-corrected chi connectivity index (χ1v) is 10.0. The Morgan fingerprint density at radius 3 is 2.70 bits per heavy atom. The van der Waals surface area contributed by atoms with Crippen LogP contribution in [0.15, 0.2) is 40.7 Å². The number of carbonyl (C=O) groups excluding carboxylic acids is 1. The normalized spacial score (nSPS) is 14.4. The van der Waals surface area contributed by atoms with Crippen LogP contribution in [0.1, 0.15) is 32.9 Å². The molecule has 2 N–H and O–H groups in total. The van der Waals surface area contributed by atoms with Crippen LogP contribution >= 0.6 is 11.7 Å². The van der Waals surface area contributed by atoms with E-state index in [1.54, 1.807) is 17.0 Å². The molecule has 0 fully saturated rings. The van der Waals surface area contributed by atoms with Crippen LogP contribution in [0.5, 0.6) is 11.6 Å². The number of ether oxygens (including phenoxy) is 2. The van der Waals surface area contributed by atoms with Crippen molar-refractivity contribution < 1.29 is 14.3 Å². The first-order chi connectivity index (χ1) is 14.4. The molecule has 30 heavy (non-hydrogen) atoms. The van der Waals surface area contributed by atoms with Crippen LogP contribution in [0, 0.1) is 5.53 Å². The van der Waals surface area contributed by atoms with Gasteiger partial charge in [0.1, 0.15) is 23.4 Å². The summed E-state index contributed by atoms with van der Waals surface area (Å²) in [7, 11) is 0. The highest BCUT2D eigenvalue weighted by atomic mass is 32.1. The molecule has 0 unspecified atom stereocenters. The highest BCUT2D eigenvalue weighted by Crippen LogP contribution is 2.32. The van der Waals surface area contributed by atoms with Gasteiger partial charge in [-0.2, -0.15) is 9.90 Å². The first kappa shape index (κ1) is 21.4. The Kier molecular flexibility index (Phi) is 6.72. The SMILES string of the molecule is CC(C)(C)OC(=O)N1CC=C(c2nsnc2Oc2ccc(N/C=N\N=N)cc2)CC1. The number of amides is 1. The van der Waals surface area contributed by atoms with Crippen molar-refractivity contribution in [1.29, 1.82) is 5.53 Å². The van der Waals surface area contributed by atoms with Gasteiger partial charge in [0.25, 0.3) is 5.88 Å². The summed E-state index contributed by atoms with van der Waals surface area (Å²) in [5, 5.41) is 9.19. The number of aromatic nitrogens is 2. The van der Waals surface area contributed by atoms with E-state index in [-0.39, 0.29) is 6.09 Å². The van der Waals surface area contributed by atoms with E-state index in [1.807, 2.05) is 39.0 Å². The second-order valence-electron chi connectivity index (χ2n) is 7.44. The van der Waals surface area contributed by atoms with Crippen LogP contribution < -0.4 is 10.1 Å². The summed E-state index contributed by atoms with van der Waals surface area (Å²) in [5.74, 6) is 1.05. The van der Waals surface area contributed by atoms with Gasteiger partial charge in [-0.1, -0.05) is 11.3 Å². The lowest BCUT2D eigenvalue weighted by atomic mass is 10.1. The maximum atomic E-state index is 12.2. The lowest BCUT2D eigenvalue weighted by molar-refractivity contribution is 0.0270. The molecule has 0 atom stereocenters. The van der Waals surface area contributed by atoms with Gasteiger partial charge in [-0.3, -0.25) is 0 Å². The molecule has 0 radical (unpaired) electrons. The third kappa shape index (κ3) is 5.83. The molecule has 2 aromatic rings. The zero-order valence-corrected chi connectivity index (χ0v) is 17.8. The molecule has 0 saturated carbocycles. The number of carbonyl (C=O) groups is 1. The van der Waals surface area contributed by atoms with Gasteiger partial charge in [-0.15, -0.1) is 9.47 Å². The van der Waals surface area contributed by atoms with Gasteiger partial charge in [-0.25, -0.2) is 4.79 Å². The Labute approximate surface area is 178 Å². The Hall–Kier alpha value is -3.34. The molecule has 11 heteroatoms. The molecule has 0 aliphatic carbocycles. The van der Waals surface area contributed by atoms with Gasteiger partial charge in [0.05, 0.1) is 11.7 Å². The minimum atomic E-state index is -0.518. The van der Waals surface area contributed by atoms with E-state index in [0.717, 1.165) is 23.0 Å². The van der Waals surface area contributed by atoms with Crippen molar-refractivity contribution in [3.05, 3.63) is 36.0 Å². The van der Waals surface area contributed by atoms with E-state index in [2.05, 4.69) is 24.4 Å². The van der Waals surface area contributed by atoms with Gasteiger partial charge in [0.15, 0.2) is 0 Å². The van der Waals surface area contributed by atoms with Crippen molar-refractivity contribution in [3.8, 4) is 11.6 Å². The molecule has 158 valence electrons. The van der Waals surface area contributed by atoms with Gasteiger partial charge in [-0.05, 0) is 57.0 Å². The smallest absolute Gasteiger partial charge is 0.410 e. The zero-order valence-electron chi connectivity index (χ0n) is 17.0. The number of hydrogen-bond donors (Lipinski definition) is 2. The lowest BCUT2D eigenvalue weighted by Crippen LogP contribution is -2.39. The standard InChI is InChI=1S/C19H23N7O3S/c1-19(2,3)29-18(27)26-10-8-13(9-11-26)16-17(24-30-23-16)28-15-6-4-14(5-7-15)21-12-22-25-20/h4-8,12H,9-11H2,1-3H3,(H2,20,21,22). The largest absolute Gasteiger partial charge is 0.444 e. The number of hydrogen-bond acceptors (Lipinski definition) is 8. The van der Waals surface area contributed by atoms with Gasteiger partial charge in [0.2, 0.25) is 0 Å². The summed E-state index contributed by atoms with van der Waals surface area (Å²) < 4.78 is 20.0. The van der Waals surface area contributed by atoms with Crippen LogP contribution in [0.25, 0.3) is 5.57 Å². The van der Waals surface area contributed by atoms with Crippen molar-refractivity contribution in [2.45, 2.75) is 32.8 Å². The second kappa shape index (κ2) is 9.44. The summed E-state index contributed by atoms with van der Waals surface area (Å²) >= 11 is 1.08. The molecule has 1 aromatic heterocycles. The number of nitrogens with zero attached hydrogens (tertiary/aromatic N) is 5. The number of nitrogens with one attached hydrogen (secondary N) is 2. The van der Waals surface area contributed by atoms with Gasteiger partial charge < -0.3 is 19.7 Å². The summed E-state index contributed by atoms with van der Waals surface area (Å²) in [6.45, 7) is 6.55. The van der Waals surface area contributed by atoms with Crippen molar-refractivity contribution >= 4 is 35.4 Å². The van der Waals surface area contributed by atoms with Crippen LogP contribution in [-0.2, 0) is 4.74 Å². The third-order valence-corrected chi connectivity index (χ3v) is 4.55. The summed E-state index contributed by atoms with van der Waals surface area (Å²) in [5.41, 5.74) is 8.55. The number of anilines is 1. The van der Waals surface area contributed by atoms with Crippen molar-refractivity contribution in [2.24, 2.45) is 10.3 Å². The van der Waals surface area contributed by atoms with Crippen LogP contribution in [0.2, 0.25) is 0 Å². The minimum absolute atomic E-state index is 0.319. The molecule has 0 bridgehead atoms. The molecule has 1 aromatic carbocycles. The quantitative estimate of drug-likeness (QED) is 0.296. The van der Waals surface area contributed by atoms with E-state index in [0.29, 0.717) is 36.8 Å². The molecule has 3 rings (SSSR count). The van der Waals surface area contributed by atoms with E-state index in [1.165, 1.54) is 6.34 Å². The highest BCUT2D eigenvalue weighted by Gasteiger charge is 2.25. The molecule has 0 saturated heterocycles. The first-order valence-electron chi connectivity index (χ1n) is 9.28. The van der Waals surface area contributed by atoms with E-state index >= 15 is 0 Å². The Morgan fingerprint density at radius 1 is 1.30 bits per heavy atom. The monoisotopic (exact) mass is 429 g/mol. The predicted octanol–water partition coefficient (Wildman–Crippen LogP) is 4.74. The molecule has 2 heterocycles. The highest BCUT2D eigenvalue weighted by molar-refractivity contribution is 6.99. The zero-order chi connectivity index (χ0) is 21.6. The van der Waals surface area contributed by atoms with Gasteiger partial charge >= 0.3 is 6.09 Å². The predicted molar refractivity (Wildman–Crippen MR) is 114 cm³/mol. The third-order valence-electron chi connectivity index (χ3n) is 4.04. The number of rotatable bonds is 6. The Morgan fingerprint density at radius 2 is 2.07 bits per heavy atom. The van der Waals surface area contributed by atoms with E-state index in [9.17, 15) is 4.79 Å². The molecule has 10 nitrogen and oxygen atoms in total. The topological polar surface area (TPSA) is 125 Å². The van der Waals surface area contributed by atoms with Crippen LogP contribution in [0.3, 0.4) is 0 Å². The molecule has 1 amide bonds. The van der Waals surface area contributed by atoms with E-state index < -0.39 is 5.60 Å². The minimum Gasteiger partial charge on any atom is -0.444 e.